The van der Waals surface area contributed by atoms with E-state index in [9.17, 15) is 12.8 Å². The number of sulfonamides is 1. The van der Waals surface area contributed by atoms with Crippen molar-refractivity contribution < 1.29 is 12.8 Å². The fraction of sp³-hybridized carbons (Fsp3) is 1.00. The number of likely N-dealkylation sites (tertiary alicyclic amines) is 1. The first-order valence-corrected chi connectivity index (χ1v) is 6.46. The van der Waals surface area contributed by atoms with Gasteiger partial charge >= 0.3 is 0 Å². The molecule has 0 radical (unpaired) electrons. The second-order valence-electron chi connectivity index (χ2n) is 3.56. The molecule has 0 aliphatic carbocycles. The Hall–Kier alpha value is -0.200. The zero-order chi connectivity index (χ0) is 10.6. The SMILES string of the molecule is CNS(=O)(=O)CCN1CCCC(F)C1. The van der Waals surface area contributed by atoms with Crippen molar-refractivity contribution in [1.29, 1.82) is 0 Å². The second kappa shape index (κ2) is 5.04. The van der Waals surface area contributed by atoms with Gasteiger partial charge in [-0.05, 0) is 26.4 Å². The van der Waals surface area contributed by atoms with Gasteiger partial charge in [0.05, 0.1) is 5.75 Å². The van der Waals surface area contributed by atoms with Crippen LogP contribution in [0.5, 0.6) is 0 Å². The lowest BCUT2D eigenvalue weighted by Gasteiger charge is -2.28. The Morgan fingerprint density at radius 1 is 1.57 bits per heavy atom. The van der Waals surface area contributed by atoms with Crippen LogP contribution < -0.4 is 4.72 Å². The number of halogens is 1. The predicted octanol–water partition coefficient (Wildman–Crippen LogP) is -0.0305. The van der Waals surface area contributed by atoms with Crippen LogP contribution in [0.15, 0.2) is 0 Å². The van der Waals surface area contributed by atoms with E-state index in [0.29, 0.717) is 19.5 Å². The molecule has 0 spiro atoms. The zero-order valence-electron chi connectivity index (χ0n) is 8.37. The van der Waals surface area contributed by atoms with Crippen LogP contribution in [0.2, 0.25) is 0 Å². The van der Waals surface area contributed by atoms with Crippen LogP contribution in [0.4, 0.5) is 4.39 Å². The molecule has 84 valence electrons. The van der Waals surface area contributed by atoms with E-state index < -0.39 is 16.2 Å². The van der Waals surface area contributed by atoms with Crippen molar-refractivity contribution in [2.24, 2.45) is 0 Å². The molecule has 1 aliphatic rings. The molecular formula is C8H17FN2O2S. The van der Waals surface area contributed by atoms with E-state index >= 15 is 0 Å². The minimum Gasteiger partial charge on any atom is -0.299 e. The van der Waals surface area contributed by atoms with Crippen molar-refractivity contribution in [1.82, 2.24) is 9.62 Å². The highest BCUT2D eigenvalue weighted by atomic mass is 32.2. The van der Waals surface area contributed by atoms with Crippen LogP contribution in [0.25, 0.3) is 0 Å². The van der Waals surface area contributed by atoms with Crippen LogP contribution in [0.1, 0.15) is 12.8 Å². The van der Waals surface area contributed by atoms with Crippen LogP contribution in [0.3, 0.4) is 0 Å². The summed E-state index contributed by atoms with van der Waals surface area (Å²) in [6.45, 7) is 1.60. The van der Waals surface area contributed by atoms with Gasteiger partial charge in [0.25, 0.3) is 0 Å². The summed E-state index contributed by atoms with van der Waals surface area (Å²) in [6, 6.07) is 0. The maximum absolute atomic E-state index is 12.9. The summed E-state index contributed by atoms with van der Waals surface area (Å²) in [6.07, 6.45) is 0.636. The lowest BCUT2D eigenvalue weighted by molar-refractivity contribution is 0.145. The van der Waals surface area contributed by atoms with E-state index in [4.69, 9.17) is 0 Å². The number of nitrogens with one attached hydrogen (secondary N) is 1. The molecular weight excluding hydrogens is 207 g/mol. The van der Waals surface area contributed by atoms with E-state index in [1.165, 1.54) is 7.05 Å². The number of alkyl halides is 1. The summed E-state index contributed by atoms with van der Waals surface area (Å²) in [7, 11) is -1.76. The highest BCUT2D eigenvalue weighted by Crippen LogP contribution is 2.12. The van der Waals surface area contributed by atoms with E-state index in [1.807, 2.05) is 4.90 Å². The van der Waals surface area contributed by atoms with E-state index in [0.717, 1.165) is 13.0 Å². The number of hydrogen-bond acceptors (Lipinski definition) is 3. The van der Waals surface area contributed by atoms with Gasteiger partial charge in [0, 0.05) is 13.1 Å². The Kier molecular flexibility index (Phi) is 4.28. The molecule has 1 saturated heterocycles. The molecule has 0 aromatic carbocycles. The van der Waals surface area contributed by atoms with Gasteiger partial charge in [-0.1, -0.05) is 0 Å². The van der Waals surface area contributed by atoms with Crippen molar-refractivity contribution >= 4 is 10.0 Å². The summed E-state index contributed by atoms with van der Waals surface area (Å²) < 4.78 is 37.4. The topological polar surface area (TPSA) is 49.4 Å². The first-order chi connectivity index (χ1) is 6.53. The number of nitrogens with zero attached hydrogens (tertiary/aromatic N) is 1. The molecule has 1 unspecified atom stereocenters. The Morgan fingerprint density at radius 2 is 2.29 bits per heavy atom. The average molecular weight is 224 g/mol. The van der Waals surface area contributed by atoms with Gasteiger partial charge in [-0.15, -0.1) is 0 Å². The Morgan fingerprint density at radius 3 is 2.86 bits per heavy atom. The molecule has 4 nitrogen and oxygen atoms in total. The van der Waals surface area contributed by atoms with Crippen molar-refractivity contribution in [3.05, 3.63) is 0 Å². The van der Waals surface area contributed by atoms with Crippen molar-refractivity contribution in [2.45, 2.75) is 19.0 Å². The second-order valence-corrected chi connectivity index (χ2v) is 5.61. The Bertz CT molecular complexity index is 269. The fourth-order valence-corrected chi connectivity index (χ4v) is 2.26. The lowest BCUT2D eigenvalue weighted by atomic mass is 10.1. The number of piperidine rings is 1. The van der Waals surface area contributed by atoms with Gasteiger partial charge < -0.3 is 0 Å². The van der Waals surface area contributed by atoms with Gasteiger partial charge in [0.15, 0.2) is 0 Å². The van der Waals surface area contributed by atoms with Crippen molar-refractivity contribution in [2.75, 3.05) is 32.4 Å². The number of rotatable bonds is 4. The molecule has 0 aromatic heterocycles. The molecule has 0 bridgehead atoms. The maximum Gasteiger partial charge on any atom is 0.212 e. The molecule has 6 heteroatoms. The van der Waals surface area contributed by atoms with Gasteiger partial charge in [-0.2, -0.15) is 0 Å². The molecule has 0 saturated carbocycles. The fourth-order valence-electron chi connectivity index (χ4n) is 1.55. The molecule has 1 rings (SSSR count). The summed E-state index contributed by atoms with van der Waals surface area (Å²) in [5, 5.41) is 0. The third-order valence-corrected chi connectivity index (χ3v) is 3.78. The quantitative estimate of drug-likeness (QED) is 0.729. The zero-order valence-corrected chi connectivity index (χ0v) is 9.19. The molecule has 0 amide bonds. The van der Waals surface area contributed by atoms with Crippen LogP contribution in [0, 0.1) is 0 Å². The van der Waals surface area contributed by atoms with E-state index in [1.54, 1.807) is 0 Å². The van der Waals surface area contributed by atoms with Crippen LogP contribution in [-0.4, -0.2) is 51.9 Å². The molecule has 1 fully saturated rings. The predicted molar refractivity (Wildman–Crippen MR) is 53.4 cm³/mol. The van der Waals surface area contributed by atoms with Crippen LogP contribution >= 0.6 is 0 Å². The lowest BCUT2D eigenvalue weighted by Crippen LogP contribution is -2.40. The average Bonchev–Trinajstić information content (AvgIpc) is 2.15. The first kappa shape index (κ1) is 11.9. The third kappa shape index (κ3) is 3.89. The van der Waals surface area contributed by atoms with Crippen molar-refractivity contribution in [3.63, 3.8) is 0 Å². The smallest absolute Gasteiger partial charge is 0.212 e. The molecule has 1 aliphatic heterocycles. The monoisotopic (exact) mass is 224 g/mol. The molecule has 0 aromatic rings. The van der Waals surface area contributed by atoms with E-state index in [-0.39, 0.29) is 5.75 Å². The largest absolute Gasteiger partial charge is 0.299 e. The molecule has 1 N–H and O–H groups in total. The highest BCUT2D eigenvalue weighted by Gasteiger charge is 2.20. The first-order valence-electron chi connectivity index (χ1n) is 4.81. The summed E-state index contributed by atoms with van der Waals surface area (Å²) in [5.41, 5.74) is 0. The minimum atomic E-state index is -3.15. The van der Waals surface area contributed by atoms with E-state index in [2.05, 4.69) is 4.72 Å². The van der Waals surface area contributed by atoms with Crippen molar-refractivity contribution in [3.8, 4) is 0 Å². The minimum absolute atomic E-state index is 0.0518. The summed E-state index contributed by atoms with van der Waals surface area (Å²) >= 11 is 0. The van der Waals surface area contributed by atoms with Gasteiger partial charge in [-0.3, -0.25) is 4.90 Å². The molecule has 1 atom stereocenters. The number of hydrogen-bond donors (Lipinski definition) is 1. The van der Waals surface area contributed by atoms with Gasteiger partial charge in [-0.25, -0.2) is 17.5 Å². The summed E-state index contributed by atoms with van der Waals surface area (Å²) in [4.78, 5) is 1.86. The normalized spacial score (nSPS) is 25.1. The third-order valence-electron chi connectivity index (χ3n) is 2.44. The Balaban J connectivity index is 2.31. The van der Waals surface area contributed by atoms with Gasteiger partial charge in [0.1, 0.15) is 6.17 Å². The summed E-state index contributed by atoms with van der Waals surface area (Å²) in [5.74, 6) is 0.0518. The van der Waals surface area contributed by atoms with Crippen LogP contribution in [-0.2, 0) is 10.0 Å². The molecule has 14 heavy (non-hydrogen) atoms. The Labute approximate surface area is 84.5 Å². The standard InChI is InChI=1S/C8H17FN2O2S/c1-10-14(12,13)6-5-11-4-2-3-8(9)7-11/h8,10H,2-7H2,1H3. The van der Waals surface area contributed by atoms with Gasteiger partial charge in [0.2, 0.25) is 10.0 Å². The maximum atomic E-state index is 12.9. The molecule has 1 heterocycles. The highest BCUT2D eigenvalue weighted by molar-refractivity contribution is 7.89.